The number of alkyl halides is 5. The smallest absolute Gasteiger partial charge is 0.424 e. The first-order valence-corrected chi connectivity index (χ1v) is 4.48. The van der Waals surface area contributed by atoms with E-state index >= 15 is 0 Å². The fourth-order valence-electron chi connectivity index (χ4n) is 0.754. The molecule has 0 heterocycles. The SMILES string of the molecule is FC(F)(F)C(F)(F)Oc1ccc(Cl)cc1Cl. The molecule has 0 fully saturated rings. The van der Waals surface area contributed by atoms with Crippen molar-refractivity contribution in [3.8, 4) is 5.75 Å². The summed E-state index contributed by atoms with van der Waals surface area (Å²) in [6.45, 7) is 0. The van der Waals surface area contributed by atoms with Gasteiger partial charge in [-0.25, -0.2) is 0 Å². The Hall–Kier alpha value is -0.750. The molecule has 8 heteroatoms. The van der Waals surface area contributed by atoms with Crippen LogP contribution in [0.5, 0.6) is 5.75 Å². The summed E-state index contributed by atoms with van der Waals surface area (Å²) in [5.41, 5.74) is 0. The highest BCUT2D eigenvalue weighted by Gasteiger charge is 2.61. The van der Waals surface area contributed by atoms with Crippen molar-refractivity contribution in [2.24, 2.45) is 0 Å². The molecule has 1 aromatic carbocycles. The summed E-state index contributed by atoms with van der Waals surface area (Å²) in [7, 11) is 0. The van der Waals surface area contributed by atoms with Gasteiger partial charge in [-0.2, -0.15) is 22.0 Å². The van der Waals surface area contributed by atoms with E-state index in [4.69, 9.17) is 23.2 Å². The fraction of sp³-hybridized carbons (Fsp3) is 0.250. The van der Waals surface area contributed by atoms with E-state index in [1.165, 1.54) is 0 Å². The van der Waals surface area contributed by atoms with Crippen LogP contribution in [0.4, 0.5) is 22.0 Å². The standard InChI is InChI=1S/C8H3Cl2F5O/c9-4-1-2-6(5(10)3-4)16-8(14,15)7(11,12)13/h1-3H. The van der Waals surface area contributed by atoms with Gasteiger partial charge in [-0.1, -0.05) is 23.2 Å². The van der Waals surface area contributed by atoms with Crippen LogP contribution in [0.15, 0.2) is 18.2 Å². The molecule has 0 saturated carbocycles. The third kappa shape index (κ3) is 2.89. The highest BCUT2D eigenvalue weighted by molar-refractivity contribution is 6.35. The maximum absolute atomic E-state index is 12.5. The van der Waals surface area contributed by atoms with Gasteiger partial charge < -0.3 is 4.74 Å². The third-order valence-corrected chi connectivity index (χ3v) is 1.99. The van der Waals surface area contributed by atoms with Crippen molar-refractivity contribution in [1.29, 1.82) is 0 Å². The van der Waals surface area contributed by atoms with Gasteiger partial charge in [-0.3, -0.25) is 0 Å². The lowest BCUT2D eigenvalue weighted by Gasteiger charge is -2.20. The first kappa shape index (κ1) is 13.3. The molecule has 0 bridgehead atoms. The van der Waals surface area contributed by atoms with Gasteiger partial charge in [0.2, 0.25) is 0 Å². The van der Waals surface area contributed by atoms with Crippen molar-refractivity contribution in [2.45, 2.75) is 12.3 Å². The molecule has 1 aromatic rings. The van der Waals surface area contributed by atoms with Crippen molar-refractivity contribution in [2.75, 3.05) is 0 Å². The van der Waals surface area contributed by atoms with Gasteiger partial charge in [0, 0.05) is 5.02 Å². The maximum atomic E-state index is 12.5. The summed E-state index contributed by atoms with van der Waals surface area (Å²) in [4.78, 5) is 0. The Labute approximate surface area is 96.7 Å². The van der Waals surface area contributed by atoms with Crippen LogP contribution in [0.3, 0.4) is 0 Å². The second-order valence-electron chi connectivity index (χ2n) is 2.69. The van der Waals surface area contributed by atoms with E-state index in [1.54, 1.807) is 0 Å². The predicted octanol–water partition coefficient (Wildman–Crippen LogP) is 4.53. The van der Waals surface area contributed by atoms with Gasteiger partial charge in [0.1, 0.15) is 5.75 Å². The summed E-state index contributed by atoms with van der Waals surface area (Å²) in [6, 6.07) is 2.89. The van der Waals surface area contributed by atoms with Gasteiger partial charge in [0.05, 0.1) is 5.02 Å². The van der Waals surface area contributed by atoms with Crippen LogP contribution in [0.2, 0.25) is 10.0 Å². The Kier molecular flexibility index (Phi) is 3.54. The van der Waals surface area contributed by atoms with Crippen molar-refractivity contribution in [1.82, 2.24) is 0 Å². The molecule has 16 heavy (non-hydrogen) atoms. The number of halogens is 7. The summed E-state index contributed by atoms with van der Waals surface area (Å²) >= 11 is 10.8. The van der Waals surface area contributed by atoms with Crippen LogP contribution in [0.1, 0.15) is 0 Å². The number of rotatable bonds is 2. The zero-order valence-corrected chi connectivity index (χ0v) is 8.80. The molecule has 0 atom stereocenters. The lowest BCUT2D eigenvalue weighted by atomic mass is 10.3. The van der Waals surface area contributed by atoms with E-state index in [0.717, 1.165) is 18.2 Å². The van der Waals surface area contributed by atoms with E-state index in [0.29, 0.717) is 0 Å². The molecule has 0 spiro atoms. The Balaban J connectivity index is 2.97. The molecule has 90 valence electrons. The van der Waals surface area contributed by atoms with Crippen molar-refractivity contribution in [3.05, 3.63) is 28.2 Å². The highest BCUT2D eigenvalue weighted by Crippen LogP contribution is 2.39. The molecule has 0 aliphatic carbocycles. The zero-order chi connectivity index (χ0) is 12.6. The monoisotopic (exact) mass is 280 g/mol. The normalized spacial score (nSPS) is 12.7. The molecule has 0 saturated heterocycles. The third-order valence-electron chi connectivity index (χ3n) is 1.46. The largest absolute Gasteiger partial charge is 0.499 e. The van der Waals surface area contributed by atoms with Crippen LogP contribution >= 0.6 is 23.2 Å². The second kappa shape index (κ2) is 4.25. The quantitative estimate of drug-likeness (QED) is 0.724. The van der Waals surface area contributed by atoms with E-state index in [9.17, 15) is 22.0 Å². The van der Waals surface area contributed by atoms with E-state index in [-0.39, 0.29) is 5.02 Å². The molecule has 0 N–H and O–H groups in total. The van der Waals surface area contributed by atoms with Crippen molar-refractivity contribution < 1.29 is 26.7 Å². The van der Waals surface area contributed by atoms with Crippen LogP contribution in [-0.4, -0.2) is 12.3 Å². The topological polar surface area (TPSA) is 9.23 Å². The van der Waals surface area contributed by atoms with Gasteiger partial charge in [-0.05, 0) is 18.2 Å². The van der Waals surface area contributed by atoms with Gasteiger partial charge in [-0.15, -0.1) is 0 Å². The molecule has 0 aliphatic rings. The Morgan fingerprint density at radius 1 is 1.00 bits per heavy atom. The molecule has 1 nitrogen and oxygen atoms in total. The van der Waals surface area contributed by atoms with Crippen LogP contribution in [0, 0.1) is 0 Å². The Morgan fingerprint density at radius 2 is 1.56 bits per heavy atom. The lowest BCUT2D eigenvalue weighted by Crippen LogP contribution is -2.41. The predicted molar refractivity (Wildman–Crippen MR) is 48.1 cm³/mol. The van der Waals surface area contributed by atoms with E-state index in [1.807, 2.05) is 0 Å². The summed E-state index contributed by atoms with van der Waals surface area (Å²) in [5, 5.41) is -0.343. The highest BCUT2D eigenvalue weighted by atomic mass is 35.5. The van der Waals surface area contributed by atoms with E-state index in [2.05, 4.69) is 4.74 Å². The first-order valence-electron chi connectivity index (χ1n) is 3.72. The molecule has 0 unspecified atom stereocenters. The second-order valence-corrected chi connectivity index (χ2v) is 3.53. The van der Waals surface area contributed by atoms with Crippen LogP contribution in [0.25, 0.3) is 0 Å². The van der Waals surface area contributed by atoms with Gasteiger partial charge in [0.15, 0.2) is 0 Å². The minimum absolute atomic E-state index is 0.0904. The molecule has 0 aromatic heterocycles. The number of hydrogen-bond acceptors (Lipinski definition) is 1. The van der Waals surface area contributed by atoms with Gasteiger partial charge >= 0.3 is 12.3 Å². The Bertz CT molecular complexity index is 391. The fourth-order valence-corrected chi connectivity index (χ4v) is 1.20. The van der Waals surface area contributed by atoms with Crippen molar-refractivity contribution >= 4 is 23.2 Å². The molecule has 0 radical (unpaired) electrons. The van der Waals surface area contributed by atoms with Crippen molar-refractivity contribution in [3.63, 3.8) is 0 Å². The average molecular weight is 281 g/mol. The summed E-state index contributed by atoms with van der Waals surface area (Å²) in [5.74, 6) is -0.798. The maximum Gasteiger partial charge on any atom is 0.499 e. The van der Waals surface area contributed by atoms with Crippen LogP contribution < -0.4 is 4.74 Å². The number of hydrogen-bond donors (Lipinski definition) is 0. The Morgan fingerprint density at radius 3 is 2.00 bits per heavy atom. The minimum Gasteiger partial charge on any atom is -0.424 e. The average Bonchev–Trinajstić information content (AvgIpc) is 2.08. The van der Waals surface area contributed by atoms with E-state index < -0.39 is 23.1 Å². The molecule has 0 aliphatic heterocycles. The zero-order valence-electron chi connectivity index (χ0n) is 7.29. The molecule has 0 amide bonds. The minimum atomic E-state index is -5.81. The number of ether oxygens (including phenoxy) is 1. The summed E-state index contributed by atoms with van der Waals surface area (Å²) in [6.07, 6.45) is -11.1. The molecular formula is C8H3Cl2F5O. The first-order chi connectivity index (χ1) is 7.13. The van der Waals surface area contributed by atoms with Gasteiger partial charge in [0.25, 0.3) is 0 Å². The lowest BCUT2D eigenvalue weighted by molar-refractivity contribution is -0.360. The van der Waals surface area contributed by atoms with Crippen LogP contribution in [-0.2, 0) is 0 Å². The summed E-state index contributed by atoms with van der Waals surface area (Å²) < 4.78 is 63.8. The molecular weight excluding hydrogens is 278 g/mol. The molecule has 1 rings (SSSR count). The number of benzene rings is 1.